The largest absolute Gasteiger partial charge is 0.433 e. The Hall–Kier alpha value is -1.57. The molecule has 0 atom stereocenters. The summed E-state index contributed by atoms with van der Waals surface area (Å²) in [5.74, 6) is -0.155. The van der Waals surface area contributed by atoms with E-state index < -0.39 is 23.0 Å². The van der Waals surface area contributed by atoms with Crippen molar-refractivity contribution in [1.82, 2.24) is 9.97 Å². The highest BCUT2D eigenvalue weighted by molar-refractivity contribution is 5.45. The van der Waals surface area contributed by atoms with Gasteiger partial charge in [0.15, 0.2) is 5.69 Å². The number of halogens is 3. The van der Waals surface area contributed by atoms with Gasteiger partial charge in [0.1, 0.15) is 5.82 Å². The van der Waals surface area contributed by atoms with Crippen molar-refractivity contribution in [2.75, 3.05) is 17.7 Å². The van der Waals surface area contributed by atoms with Crippen molar-refractivity contribution in [3.8, 4) is 0 Å². The summed E-state index contributed by atoms with van der Waals surface area (Å²) in [5, 5.41) is 15.3. The molecule has 1 aromatic rings. The van der Waals surface area contributed by atoms with Gasteiger partial charge in [0.25, 0.3) is 0 Å². The van der Waals surface area contributed by atoms with Crippen LogP contribution < -0.4 is 10.6 Å². The minimum atomic E-state index is -4.57. The van der Waals surface area contributed by atoms with E-state index in [1.54, 1.807) is 27.7 Å². The van der Waals surface area contributed by atoms with Crippen LogP contribution in [0.4, 0.5) is 24.9 Å². The van der Waals surface area contributed by atoms with Crippen LogP contribution in [0.1, 0.15) is 33.4 Å². The lowest BCUT2D eigenvalue weighted by Gasteiger charge is -2.38. The van der Waals surface area contributed by atoms with E-state index in [1.807, 2.05) is 0 Å². The predicted octanol–water partition coefficient (Wildman–Crippen LogP) is 2.50. The van der Waals surface area contributed by atoms with Gasteiger partial charge in [-0.15, -0.1) is 0 Å². The summed E-state index contributed by atoms with van der Waals surface area (Å²) in [6, 6.07) is 0.814. The summed E-state index contributed by atoms with van der Waals surface area (Å²) in [6.07, 6.45) is -4.57. The molecule has 0 saturated heterocycles. The Bertz CT molecular complexity index is 481. The molecule has 1 aromatic heterocycles. The zero-order valence-corrected chi connectivity index (χ0v) is 12.1. The molecule has 114 valence electrons. The summed E-state index contributed by atoms with van der Waals surface area (Å²) >= 11 is 0. The number of alkyl halides is 3. The first-order chi connectivity index (χ1) is 8.87. The maximum Gasteiger partial charge on any atom is 0.433 e. The van der Waals surface area contributed by atoms with Gasteiger partial charge in [0.2, 0.25) is 5.95 Å². The number of nitrogens with one attached hydrogen (secondary N) is 2. The van der Waals surface area contributed by atoms with Crippen LogP contribution in [0.5, 0.6) is 0 Å². The first kappa shape index (κ1) is 16.5. The molecule has 1 heterocycles. The van der Waals surface area contributed by atoms with E-state index in [2.05, 4.69) is 20.6 Å². The van der Waals surface area contributed by atoms with Crippen molar-refractivity contribution < 1.29 is 18.3 Å². The molecule has 0 amide bonds. The molecule has 0 bridgehead atoms. The number of hydrogen-bond acceptors (Lipinski definition) is 5. The monoisotopic (exact) mass is 292 g/mol. The maximum absolute atomic E-state index is 12.8. The fraction of sp³-hybridized carbons (Fsp3) is 0.667. The SMILES string of the molecule is CNc1nc(NC(C)(C)C(C)(C)O)cc(C(F)(F)F)n1. The number of rotatable bonds is 4. The molecule has 20 heavy (non-hydrogen) atoms. The lowest BCUT2D eigenvalue weighted by molar-refractivity contribution is -0.141. The van der Waals surface area contributed by atoms with Gasteiger partial charge in [-0.05, 0) is 27.7 Å². The van der Waals surface area contributed by atoms with Crippen molar-refractivity contribution >= 4 is 11.8 Å². The highest BCUT2D eigenvalue weighted by Crippen LogP contribution is 2.31. The Balaban J connectivity index is 3.20. The number of aromatic nitrogens is 2. The van der Waals surface area contributed by atoms with Crippen LogP contribution in [0.15, 0.2) is 6.07 Å². The molecule has 0 aliphatic heterocycles. The summed E-state index contributed by atoms with van der Waals surface area (Å²) < 4.78 is 38.3. The Morgan fingerprint density at radius 1 is 1.10 bits per heavy atom. The number of nitrogens with zero attached hydrogens (tertiary/aromatic N) is 2. The minimum Gasteiger partial charge on any atom is -0.388 e. The van der Waals surface area contributed by atoms with Gasteiger partial charge in [-0.25, -0.2) is 4.98 Å². The fourth-order valence-electron chi connectivity index (χ4n) is 1.24. The van der Waals surface area contributed by atoms with Gasteiger partial charge in [-0.3, -0.25) is 0 Å². The second-order valence-electron chi connectivity index (χ2n) is 5.52. The minimum absolute atomic E-state index is 0.0104. The first-order valence-electron chi connectivity index (χ1n) is 6.01. The third kappa shape index (κ3) is 3.72. The summed E-state index contributed by atoms with van der Waals surface area (Å²) in [7, 11) is 1.43. The molecule has 5 nitrogen and oxygen atoms in total. The zero-order chi connectivity index (χ0) is 15.8. The first-order valence-corrected chi connectivity index (χ1v) is 6.01. The number of hydrogen-bond donors (Lipinski definition) is 3. The highest BCUT2D eigenvalue weighted by Gasteiger charge is 2.37. The molecule has 0 aliphatic carbocycles. The summed E-state index contributed by atoms with van der Waals surface area (Å²) in [6.45, 7) is 6.46. The molecular formula is C12H19F3N4O. The highest BCUT2D eigenvalue weighted by atomic mass is 19.4. The number of anilines is 2. The van der Waals surface area contributed by atoms with Gasteiger partial charge in [0.05, 0.1) is 11.1 Å². The molecule has 0 spiro atoms. The van der Waals surface area contributed by atoms with Crippen LogP contribution in [0.2, 0.25) is 0 Å². The Kier molecular flexibility index (Phi) is 4.19. The number of aliphatic hydroxyl groups is 1. The van der Waals surface area contributed by atoms with Gasteiger partial charge in [0, 0.05) is 13.1 Å². The third-order valence-electron chi connectivity index (χ3n) is 3.21. The van der Waals surface area contributed by atoms with E-state index in [-0.39, 0.29) is 11.8 Å². The van der Waals surface area contributed by atoms with E-state index in [9.17, 15) is 18.3 Å². The average molecular weight is 292 g/mol. The van der Waals surface area contributed by atoms with Crippen molar-refractivity contribution in [3.05, 3.63) is 11.8 Å². The fourth-order valence-corrected chi connectivity index (χ4v) is 1.24. The van der Waals surface area contributed by atoms with Gasteiger partial charge in [-0.2, -0.15) is 18.2 Å². The molecule has 0 aliphatic rings. The molecule has 0 saturated carbocycles. The topological polar surface area (TPSA) is 70.1 Å². The van der Waals surface area contributed by atoms with Crippen molar-refractivity contribution in [2.24, 2.45) is 0 Å². The Labute approximate surface area is 115 Å². The standard InChI is InChI=1S/C12H19F3N4O/c1-10(2,11(3,4)20)19-8-6-7(12(13,14)15)17-9(16-5)18-8/h6,20H,1-5H3,(H2,16,17,18,19). The van der Waals surface area contributed by atoms with Gasteiger partial charge >= 0.3 is 6.18 Å². The molecule has 1 rings (SSSR count). The van der Waals surface area contributed by atoms with Crippen molar-refractivity contribution in [3.63, 3.8) is 0 Å². The van der Waals surface area contributed by atoms with Crippen LogP contribution in [0.3, 0.4) is 0 Å². The summed E-state index contributed by atoms with van der Waals surface area (Å²) in [4.78, 5) is 7.29. The van der Waals surface area contributed by atoms with Gasteiger partial charge in [-0.1, -0.05) is 0 Å². The third-order valence-corrected chi connectivity index (χ3v) is 3.21. The molecule has 8 heteroatoms. The molecule has 0 aromatic carbocycles. The molecule has 0 unspecified atom stereocenters. The van der Waals surface area contributed by atoms with E-state index in [0.717, 1.165) is 6.07 Å². The zero-order valence-electron chi connectivity index (χ0n) is 12.1. The maximum atomic E-state index is 12.8. The summed E-state index contributed by atoms with van der Waals surface area (Å²) in [5.41, 5.74) is -3.09. The van der Waals surface area contributed by atoms with Gasteiger partial charge < -0.3 is 15.7 Å². The van der Waals surface area contributed by atoms with E-state index in [1.165, 1.54) is 7.05 Å². The predicted molar refractivity (Wildman–Crippen MR) is 70.6 cm³/mol. The van der Waals surface area contributed by atoms with Crippen LogP contribution in [0.25, 0.3) is 0 Å². The molecule has 0 radical (unpaired) electrons. The van der Waals surface area contributed by atoms with Crippen LogP contribution in [0, 0.1) is 0 Å². The smallest absolute Gasteiger partial charge is 0.388 e. The quantitative estimate of drug-likeness (QED) is 0.795. The molecular weight excluding hydrogens is 273 g/mol. The molecule has 3 N–H and O–H groups in total. The molecule has 0 fully saturated rings. The van der Waals surface area contributed by atoms with Crippen molar-refractivity contribution in [1.29, 1.82) is 0 Å². The van der Waals surface area contributed by atoms with E-state index >= 15 is 0 Å². The average Bonchev–Trinajstić information content (AvgIpc) is 2.25. The normalized spacial score (nSPS) is 13.2. The second-order valence-corrected chi connectivity index (χ2v) is 5.52. The Morgan fingerprint density at radius 2 is 1.65 bits per heavy atom. The lowest BCUT2D eigenvalue weighted by Crippen LogP contribution is -2.51. The van der Waals surface area contributed by atoms with Crippen molar-refractivity contribution in [2.45, 2.75) is 45.0 Å². The second kappa shape index (κ2) is 5.08. The van der Waals surface area contributed by atoms with E-state index in [0.29, 0.717) is 0 Å². The van der Waals surface area contributed by atoms with Crippen LogP contribution in [-0.4, -0.2) is 33.3 Å². The van der Waals surface area contributed by atoms with E-state index in [4.69, 9.17) is 0 Å². The van der Waals surface area contributed by atoms with Crippen LogP contribution in [-0.2, 0) is 6.18 Å². The van der Waals surface area contributed by atoms with Crippen LogP contribution >= 0.6 is 0 Å². The lowest BCUT2D eigenvalue weighted by atomic mass is 9.86. The Morgan fingerprint density at radius 3 is 2.05 bits per heavy atom.